The summed E-state index contributed by atoms with van der Waals surface area (Å²) in [5.74, 6) is -0.962. The molecule has 1 aliphatic heterocycles. The van der Waals surface area contributed by atoms with Gasteiger partial charge in [0.2, 0.25) is 12.6 Å². The lowest BCUT2D eigenvalue weighted by molar-refractivity contribution is -0.169. The third-order valence-electron chi connectivity index (χ3n) is 12.0. The van der Waals surface area contributed by atoms with E-state index in [1.165, 1.54) is 64.6 Å². The third-order valence-corrected chi connectivity index (χ3v) is 15.7. The number of ether oxygens (including phenoxy) is 2. The van der Waals surface area contributed by atoms with E-state index in [2.05, 4.69) is 191 Å². The molecule has 0 N–H and O–H groups in total. The van der Waals surface area contributed by atoms with E-state index in [0.29, 0.717) is 0 Å². The quantitative estimate of drug-likeness (QED) is 0.178. The predicted octanol–water partition coefficient (Wildman–Crippen LogP) is 12.5. The zero-order chi connectivity index (χ0) is 40.2. The van der Waals surface area contributed by atoms with Gasteiger partial charge >= 0.3 is 0 Å². The van der Waals surface area contributed by atoms with E-state index in [1.54, 1.807) is 0 Å². The van der Waals surface area contributed by atoms with Crippen molar-refractivity contribution < 1.29 is 18.5 Å². The minimum Gasteiger partial charge on any atom is -0.315 e. The van der Waals surface area contributed by atoms with Crippen molar-refractivity contribution in [2.45, 2.75) is 32.2 Å². The monoisotopic (exact) mass is 814 g/mol. The van der Waals surface area contributed by atoms with Crippen molar-refractivity contribution in [2.75, 3.05) is 0 Å². The fourth-order valence-corrected chi connectivity index (χ4v) is 12.7. The van der Waals surface area contributed by atoms with Crippen molar-refractivity contribution in [2.24, 2.45) is 28.2 Å². The minimum atomic E-state index is -1.50. The van der Waals surface area contributed by atoms with E-state index in [1.807, 2.05) is 13.8 Å². The maximum Gasteiger partial charge on any atom is 0.224 e. The Hall–Kier alpha value is -5.56. The van der Waals surface area contributed by atoms with Crippen LogP contribution in [-0.4, -0.2) is 35.7 Å². The molecule has 0 bridgehead atoms. The Morgan fingerprint density at radius 1 is 0.390 bits per heavy atom. The summed E-state index contributed by atoms with van der Waals surface area (Å²) in [6.07, 6.45) is -1.68. The standard InChI is InChI=1S/C49H44N4O4P2/c1-49(2)54-47(56-58-50(3)39-27-23-31-15-7-11-19-35(31)43(39)44-36-20-12-8-16-32(36)24-28-40(44)51(58)4)48(55-49)57-59-52(5)41-29-25-33-17-9-13-21-37(33)45(41)46-38-22-14-10-18-34(38)26-30-42(46)53(59)6/h7-30,47-48H,1-6H3. The number of aromatic nitrogens is 4. The molecule has 1 fully saturated rings. The summed E-state index contributed by atoms with van der Waals surface area (Å²) in [6.45, 7) is 3.86. The molecule has 0 spiro atoms. The van der Waals surface area contributed by atoms with E-state index in [0.717, 1.165) is 22.1 Å². The van der Waals surface area contributed by atoms with Crippen LogP contribution in [0.5, 0.6) is 0 Å². The Morgan fingerprint density at radius 3 is 0.915 bits per heavy atom. The maximum absolute atomic E-state index is 7.26. The molecule has 10 aromatic rings. The molecule has 2 aromatic heterocycles. The average molecular weight is 815 g/mol. The number of aryl methyl sites for hydroxylation is 4. The van der Waals surface area contributed by atoms with Crippen LogP contribution >= 0.6 is 16.2 Å². The highest BCUT2D eigenvalue weighted by Crippen LogP contribution is 2.44. The molecule has 8 aromatic carbocycles. The number of rotatable bonds is 4. The Bertz CT molecular complexity index is 3030. The highest BCUT2D eigenvalue weighted by molar-refractivity contribution is 7.38. The van der Waals surface area contributed by atoms with Crippen LogP contribution in [0.3, 0.4) is 0 Å². The summed E-state index contributed by atoms with van der Waals surface area (Å²) in [5.41, 5.74) is 4.36. The van der Waals surface area contributed by atoms with Crippen molar-refractivity contribution in [3.8, 4) is 0 Å². The van der Waals surface area contributed by atoms with Gasteiger partial charge in [0.25, 0.3) is 0 Å². The van der Waals surface area contributed by atoms with Crippen LogP contribution in [0.25, 0.3) is 86.7 Å². The second-order valence-electron chi connectivity index (χ2n) is 15.9. The summed E-state index contributed by atoms with van der Waals surface area (Å²) < 4.78 is 37.0. The molecule has 0 aliphatic carbocycles. The molecular formula is C49H44N4O4P2. The second-order valence-corrected chi connectivity index (χ2v) is 19.7. The van der Waals surface area contributed by atoms with Crippen LogP contribution in [0.1, 0.15) is 13.8 Å². The molecular weight excluding hydrogens is 771 g/mol. The Labute approximate surface area is 343 Å². The highest BCUT2D eigenvalue weighted by atomic mass is 31.1. The van der Waals surface area contributed by atoms with Crippen LogP contribution in [-0.2, 0) is 37.7 Å². The lowest BCUT2D eigenvalue weighted by Crippen LogP contribution is -2.34. The summed E-state index contributed by atoms with van der Waals surface area (Å²) in [7, 11) is 5.51. The van der Waals surface area contributed by atoms with Gasteiger partial charge in [-0.1, -0.05) is 121 Å². The highest BCUT2D eigenvalue weighted by Gasteiger charge is 2.45. The fourth-order valence-electron chi connectivity index (χ4n) is 9.25. The molecule has 11 rings (SSSR count). The van der Waals surface area contributed by atoms with Crippen LogP contribution in [0.4, 0.5) is 0 Å². The van der Waals surface area contributed by atoms with Gasteiger partial charge in [0, 0.05) is 49.7 Å². The first-order valence-corrected chi connectivity index (χ1v) is 22.3. The normalized spacial score (nSPS) is 16.8. The molecule has 0 amide bonds. The van der Waals surface area contributed by atoms with E-state index in [-0.39, 0.29) is 0 Å². The molecule has 2 atom stereocenters. The van der Waals surface area contributed by atoms with Gasteiger partial charge in [0.05, 0.1) is 22.1 Å². The molecule has 1 saturated heterocycles. The predicted molar refractivity (Wildman–Crippen MR) is 246 cm³/mol. The lowest BCUT2D eigenvalue weighted by atomic mass is 9.98. The molecule has 3 heterocycles. The van der Waals surface area contributed by atoms with Crippen molar-refractivity contribution in [3.05, 3.63) is 146 Å². The molecule has 59 heavy (non-hydrogen) atoms. The first-order valence-electron chi connectivity index (χ1n) is 20.0. The molecule has 294 valence electrons. The number of fused-ring (bicyclic) bond motifs is 14. The first-order chi connectivity index (χ1) is 28.7. The van der Waals surface area contributed by atoms with Crippen LogP contribution < -0.4 is 9.05 Å². The third kappa shape index (κ3) is 5.74. The number of benzene rings is 8. The van der Waals surface area contributed by atoms with Gasteiger partial charge in [-0.2, -0.15) is 0 Å². The van der Waals surface area contributed by atoms with Crippen molar-refractivity contribution in [3.63, 3.8) is 0 Å². The van der Waals surface area contributed by atoms with Gasteiger partial charge in [0.1, 0.15) is 0 Å². The van der Waals surface area contributed by atoms with Crippen LogP contribution in [0.2, 0.25) is 0 Å². The van der Waals surface area contributed by atoms with Crippen LogP contribution in [0.15, 0.2) is 146 Å². The summed E-state index contributed by atoms with van der Waals surface area (Å²) in [4.78, 5) is 0. The van der Waals surface area contributed by atoms with Crippen LogP contribution in [0, 0.1) is 0 Å². The molecule has 0 radical (unpaired) electrons. The van der Waals surface area contributed by atoms with E-state index in [4.69, 9.17) is 18.5 Å². The van der Waals surface area contributed by atoms with Gasteiger partial charge in [-0.25, -0.2) is 0 Å². The van der Waals surface area contributed by atoms with Gasteiger partial charge < -0.3 is 9.47 Å². The molecule has 8 nitrogen and oxygen atoms in total. The van der Waals surface area contributed by atoms with Gasteiger partial charge in [0.15, 0.2) is 21.9 Å². The van der Waals surface area contributed by atoms with E-state index >= 15 is 0 Å². The second kappa shape index (κ2) is 13.8. The summed E-state index contributed by atoms with van der Waals surface area (Å²) >= 11 is 0. The molecule has 1 aliphatic rings. The Kier molecular flexibility index (Phi) is 8.51. The Morgan fingerprint density at radius 2 is 0.644 bits per heavy atom. The zero-order valence-electron chi connectivity index (χ0n) is 33.8. The van der Waals surface area contributed by atoms with E-state index in [9.17, 15) is 0 Å². The van der Waals surface area contributed by atoms with Crippen molar-refractivity contribution in [1.29, 1.82) is 0 Å². The lowest BCUT2D eigenvalue weighted by Gasteiger charge is -2.22. The largest absolute Gasteiger partial charge is 0.315 e. The molecule has 0 saturated carbocycles. The number of hydrogen-bond acceptors (Lipinski definition) is 4. The average Bonchev–Trinajstić information content (AvgIpc) is 3.47. The SMILES string of the molecule is Cn1c2ccc3ccccc3c2c2c3ccccc3ccc2n(C)p1OC1OC(C)(C)OC1Op1n(C)c2ccc3ccccc3c2c2c3ccccc3ccc2n1C. The van der Waals surface area contributed by atoms with Crippen molar-refractivity contribution in [1.82, 2.24) is 17.3 Å². The van der Waals surface area contributed by atoms with Gasteiger partial charge in [-0.15, -0.1) is 0 Å². The van der Waals surface area contributed by atoms with Gasteiger partial charge in [-0.3, -0.25) is 26.4 Å². The summed E-state index contributed by atoms with van der Waals surface area (Å²) in [5, 5.41) is 14.3. The summed E-state index contributed by atoms with van der Waals surface area (Å²) in [6, 6.07) is 52.3. The number of nitrogens with zero attached hydrogens (tertiary/aromatic N) is 4. The van der Waals surface area contributed by atoms with E-state index < -0.39 is 34.5 Å². The molecule has 10 heteroatoms. The minimum absolute atomic E-state index is 0.841. The molecule has 2 unspecified atom stereocenters. The maximum atomic E-state index is 7.26. The smallest absolute Gasteiger partial charge is 0.224 e. The van der Waals surface area contributed by atoms with Crippen molar-refractivity contribution >= 4 is 103 Å². The Balaban J connectivity index is 1.13. The van der Waals surface area contributed by atoms with Gasteiger partial charge in [-0.05, 0) is 81.2 Å². The number of hydrogen-bond donors (Lipinski definition) is 0. The fraction of sp³-hybridized carbons (Fsp3) is 0.184. The zero-order valence-corrected chi connectivity index (χ0v) is 35.6. The topological polar surface area (TPSA) is 56.6 Å². The first kappa shape index (κ1) is 36.5.